The molecule has 1 aromatic carbocycles. The number of para-hydroxylation sites is 1. The summed E-state index contributed by atoms with van der Waals surface area (Å²) in [6.07, 6.45) is 7.71. The Kier molecular flexibility index (Phi) is 3.02. The first kappa shape index (κ1) is 12.9. The van der Waals surface area contributed by atoms with Gasteiger partial charge in [-0.2, -0.15) is 0 Å². The van der Waals surface area contributed by atoms with Gasteiger partial charge in [-0.3, -0.25) is 4.98 Å². The number of nitrogens with zero attached hydrogens (tertiary/aromatic N) is 2. The van der Waals surface area contributed by atoms with Crippen LogP contribution >= 0.6 is 0 Å². The summed E-state index contributed by atoms with van der Waals surface area (Å²) in [4.78, 5) is 6.85. The number of nitrogen functional groups attached to an aromatic ring is 1. The maximum Gasteiger partial charge on any atom is 0.0951 e. The topological polar surface area (TPSA) is 42.2 Å². The zero-order chi connectivity index (χ0) is 14.4. The number of hydrogen-bond acceptors (Lipinski definition) is 3. The van der Waals surface area contributed by atoms with Crippen LogP contribution in [0, 0.1) is 17.8 Å². The summed E-state index contributed by atoms with van der Waals surface area (Å²) in [7, 11) is 2.21. The van der Waals surface area contributed by atoms with Crippen molar-refractivity contribution in [3.8, 4) is 0 Å². The molecule has 1 heterocycles. The number of aromatic nitrogens is 1. The molecular weight excluding hydrogens is 258 g/mol. The molecule has 2 aliphatic rings. The highest BCUT2D eigenvalue weighted by atomic mass is 15.1. The van der Waals surface area contributed by atoms with Gasteiger partial charge in [-0.05, 0) is 49.1 Å². The predicted octanol–water partition coefficient (Wildman–Crippen LogP) is 3.69. The minimum atomic E-state index is 0.766. The third-order valence-electron chi connectivity index (χ3n) is 5.58. The van der Waals surface area contributed by atoms with Crippen LogP contribution in [0.25, 0.3) is 10.9 Å². The maximum atomic E-state index is 6.06. The summed E-state index contributed by atoms with van der Waals surface area (Å²) in [5, 5.41) is 1.17. The molecule has 3 heteroatoms. The van der Waals surface area contributed by atoms with Crippen LogP contribution in [-0.4, -0.2) is 18.6 Å². The lowest BCUT2D eigenvalue weighted by Gasteiger charge is -2.29. The van der Waals surface area contributed by atoms with Gasteiger partial charge in [0.2, 0.25) is 0 Å². The van der Waals surface area contributed by atoms with Gasteiger partial charge in [-0.1, -0.05) is 18.6 Å². The molecule has 2 aromatic rings. The van der Waals surface area contributed by atoms with Gasteiger partial charge in [-0.15, -0.1) is 0 Å². The summed E-state index contributed by atoms with van der Waals surface area (Å²) in [6.45, 7) is 1.16. The van der Waals surface area contributed by atoms with Crippen molar-refractivity contribution in [2.24, 2.45) is 17.8 Å². The van der Waals surface area contributed by atoms with Crippen LogP contribution in [0.4, 0.5) is 11.4 Å². The Balaban J connectivity index is 1.62. The van der Waals surface area contributed by atoms with Crippen LogP contribution in [-0.2, 0) is 0 Å². The van der Waals surface area contributed by atoms with Crippen molar-refractivity contribution in [1.29, 1.82) is 0 Å². The Morgan fingerprint density at radius 2 is 2.14 bits per heavy atom. The van der Waals surface area contributed by atoms with E-state index in [0.717, 1.165) is 35.5 Å². The smallest absolute Gasteiger partial charge is 0.0951 e. The molecule has 2 aliphatic carbocycles. The summed E-state index contributed by atoms with van der Waals surface area (Å²) in [5.74, 6) is 2.85. The molecule has 3 atom stereocenters. The summed E-state index contributed by atoms with van der Waals surface area (Å²) >= 11 is 0. The van der Waals surface area contributed by atoms with E-state index in [1.807, 2.05) is 18.3 Å². The van der Waals surface area contributed by atoms with E-state index >= 15 is 0 Å². The number of pyridine rings is 1. The van der Waals surface area contributed by atoms with E-state index in [-0.39, 0.29) is 0 Å². The van der Waals surface area contributed by atoms with Crippen molar-refractivity contribution in [2.45, 2.75) is 25.7 Å². The van der Waals surface area contributed by atoms with Crippen molar-refractivity contribution >= 4 is 22.3 Å². The molecule has 1 aromatic heterocycles. The molecule has 0 radical (unpaired) electrons. The van der Waals surface area contributed by atoms with E-state index in [2.05, 4.69) is 29.1 Å². The third kappa shape index (κ3) is 2.15. The molecule has 2 fully saturated rings. The normalized spacial score (nSPS) is 27.4. The van der Waals surface area contributed by atoms with E-state index in [9.17, 15) is 0 Å². The molecule has 3 unspecified atom stereocenters. The maximum absolute atomic E-state index is 6.06. The average Bonchev–Trinajstić information content (AvgIpc) is 3.10. The molecule has 21 heavy (non-hydrogen) atoms. The van der Waals surface area contributed by atoms with Crippen LogP contribution in [0.5, 0.6) is 0 Å². The van der Waals surface area contributed by atoms with E-state index < -0.39 is 0 Å². The van der Waals surface area contributed by atoms with Gasteiger partial charge < -0.3 is 10.6 Å². The molecule has 2 saturated carbocycles. The minimum Gasteiger partial charge on any atom is -0.397 e. The van der Waals surface area contributed by atoms with E-state index in [1.165, 1.54) is 36.8 Å². The first-order chi connectivity index (χ1) is 10.2. The number of anilines is 2. The molecular formula is C18H23N3. The SMILES string of the molecule is CN(CC1CC2CCC1C2)c1ccnc2c(N)cccc12. The van der Waals surface area contributed by atoms with Crippen molar-refractivity contribution in [3.63, 3.8) is 0 Å². The number of hydrogen-bond donors (Lipinski definition) is 1. The van der Waals surface area contributed by atoms with Crippen molar-refractivity contribution in [2.75, 3.05) is 24.2 Å². The van der Waals surface area contributed by atoms with Gasteiger partial charge in [0.15, 0.2) is 0 Å². The lowest BCUT2D eigenvalue weighted by molar-refractivity contribution is 0.337. The van der Waals surface area contributed by atoms with Crippen molar-refractivity contribution < 1.29 is 0 Å². The molecule has 0 spiro atoms. The van der Waals surface area contributed by atoms with Crippen LogP contribution in [0.3, 0.4) is 0 Å². The van der Waals surface area contributed by atoms with Crippen LogP contribution < -0.4 is 10.6 Å². The lowest BCUT2D eigenvalue weighted by atomic mass is 9.88. The summed E-state index contributed by atoms with van der Waals surface area (Å²) < 4.78 is 0. The highest BCUT2D eigenvalue weighted by molar-refractivity contribution is 5.97. The monoisotopic (exact) mass is 281 g/mol. The van der Waals surface area contributed by atoms with Crippen LogP contribution in [0.2, 0.25) is 0 Å². The number of rotatable bonds is 3. The van der Waals surface area contributed by atoms with Gasteiger partial charge in [0.25, 0.3) is 0 Å². The van der Waals surface area contributed by atoms with Gasteiger partial charge >= 0.3 is 0 Å². The average molecular weight is 281 g/mol. The quantitative estimate of drug-likeness (QED) is 0.872. The van der Waals surface area contributed by atoms with E-state index in [4.69, 9.17) is 5.73 Å². The molecule has 2 bridgehead atoms. The van der Waals surface area contributed by atoms with Gasteiger partial charge in [0.05, 0.1) is 11.2 Å². The third-order valence-corrected chi connectivity index (χ3v) is 5.58. The second-order valence-electron chi connectivity index (χ2n) is 6.89. The van der Waals surface area contributed by atoms with E-state index in [1.54, 1.807) is 0 Å². The first-order valence-corrected chi connectivity index (χ1v) is 8.06. The molecule has 0 saturated heterocycles. The first-order valence-electron chi connectivity index (χ1n) is 8.06. The minimum absolute atomic E-state index is 0.766. The fraction of sp³-hybridized carbons (Fsp3) is 0.500. The van der Waals surface area contributed by atoms with E-state index in [0.29, 0.717) is 0 Å². The Morgan fingerprint density at radius 1 is 1.24 bits per heavy atom. The lowest BCUT2D eigenvalue weighted by Crippen LogP contribution is -2.28. The Hall–Kier alpha value is -1.77. The Bertz CT molecular complexity index is 667. The fourth-order valence-corrected chi connectivity index (χ4v) is 4.57. The Morgan fingerprint density at radius 3 is 2.90 bits per heavy atom. The highest BCUT2D eigenvalue weighted by Gasteiger charge is 2.39. The predicted molar refractivity (Wildman–Crippen MR) is 88.4 cm³/mol. The standard InChI is InChI=1S/C18H23N3/c1-21(11-14-10-12-5-6-13(14)9-12)17-7-8-20-18-15(17)3-2-4-16(18)19/h2-4,7-8,12-14H,5-6,9-11,19H2,1H3. The zero-order valence-electron chi connectivity index (χ0n) is 12.6. The number of nitrogens with two attached hydrogens (primary N) is 1. The summed E-state index contributed by atoms with van der Waals surface area (Å²) in [6, 6.07) is 8.20. The molecule has 0 aliphatic heterocycles. The second kappa shape index (κ2) is 4.90. The number of benzene rings is 1. The molecule has 4 rings (SSSR count). The van der Waals surface area contributed by atoms with Gasteiger partial charge in [-0.25, -0.2) is 0 Å². The van der Waals surface area contributed by atoms with Gasteiger partial charge in [0.1, 0.15) is 0 Å². The molecule has 2 N–H and O–H groups in total. The second-order valence-corrected chi connectivity index (χ2v) is 6.89. The molecule has 0 amide bonds. The largest absolute Gasteiger partial charge is 0.397 e. The number of fused-ring (bicyclic) bond motifs is 3. The fourth-order valence-electron chi connectivity index (χ4n) is 4.57. The molecule has 3 nitrogen and oxygen atoms in total. The van der Waals surface area contributed by atoms with Crippen molar-refractivity contribution in [1.82, 2.24) is 4.98 Å². The Labute approximate surface area is 126 Å². The summed E-state index contributed by atoms with van der Waals surface area (Å²) in [5.41, 5.74) is 9.01. The van der Waals surface area contributed by atoms with Crippen molar-refractivity contribution in [3.05, 3.63) is 30.5 Å². The van der Waals surface area contributed by atoms with Gasteiger partial charge in [0, 0.05) is 30.9 Å². The van der Waals surface area contributed by atoms with Crippen LogP contribution in [0.1, 0.15) is 25.7 Å². The zero-order valence-corrected chi connectivity index (χ0v) is 12.6. The molecule has 110 valence electrons. The highest BCUT2D eigenvalue weighted by Crippen LogP contribution is 2.48. The van der Waals surface area contributed by atoms with Crippen LogP contribution in [0.15, 0.2) is 30.5 Å².